The maximum Gasteiger partial charge on any atom is 0.312 e. The topological polar surface area (TPSA) is 98.5 Å². The number of ether oxygens (including phenoxy) is 1. The van der Waals surface area contributed by atoms with E-state index >= 15 is 0 Å². The fraction of sp³-hybridized carbons (Fsp3) is 0.333. The zero-order chi connectivity index (χ0) is 13.1. The van der Waals surface area contributed by atoms with Crippen LogP contribution in [0, 0.1) is 10.1 Å². The van der Waals surface area contributed by atoms with E-state index in [-0.39, 0.29) is 22.9 Å². The van der Waals surface area contributed by atoms with E-state index in [9.17, 15) is 18.5 Å². The zero-order valence-corrected chi connectivity index (χ0v) is 10.2. The molecule has 0 heterocycles. The van der Waals surface area contributed by atoms with Crippen molar-refractivity contribution in [3.05, 3.63) is 28.3 Å². The molecule has 17 heavy (non-hydrogen) atoms. The zero-order valence-electron chi connectivity index (χ0n) is 9.34. The Morgan fingerprint density at radius 1 is 1.47 bits per heavy atom. The minimum atomic E-state index is -3.45. The molecule has 0 fully saturated rings. The second-order valence-electron chi connectivity index (χ2n) is 3.15. The third kappa shape index (κ3) is 3.31. The fourth-order valence-corrected chi connectivity index (χ4v) is 1.78. The number of rotatable bonds is 5. The molecular weight excluding hydrogens is 248 g/mol. The highest BCUT2D eigenvalue weighted by Crippen LogP contribution is 2.29. The number of sulfonamides is 1. The number of methoxy groups -OCH3 is 1. The van der Waals surface area contributed by atoms with Crippen molar-refractivity contribution in [2.24, 2.45) is 0 Å². The summed E-state index contributed by atoms with van der Waals surface area (Å²) >= 11 is 0. The lowest BCUT2D eigenvalue weighted by molar-refractivity contribution is -0.385. The van der Waals surface area contributed by atoms with Crippen LogP contribution < -0.4 is 9.46 Å². The summed E-state index contributed by atoms with van der Waals surface area (Å²) in [5.74, 6) is -0.0261. The lowest BCUT2D eigenvalue weighted by Gasteiger charge is -2.07. The summed E-state index contributed by atoms with van der Waals surface area (Å²) in [7, 11) is -2.14. The van der Waals surface area contributed by atoms with Crippen LogP contribution in [0.15, 0.2) is 18.2 Å². The quantitative estimate of drug-likeness (QED) is 0.636. The van der Waals surface area contributed by atoms with Gasteiger partial charge in [-0.2, -0.15) is 0 Å². The first kappa shape index (κ1) is 13.2. The standard InChI is InChI=1S/C9H12N2O5S/c1-3-17(14,15)10-7-4-5-9(16-2)8(6-7)11(12)13/h4-6,10H,3H2,1-2H3. The van der Waals surface area contributed by atoms with E-state index in [0.29, 0.717) is 0 Å². The number of hydrogen-bond acceptors (Lipinski definition) is 5. The number of nitro benzene ring substituents is 1. The molecule has 94 valence electrons. The van der Waals surface area contributed by atoms with Crippen molar-refractivity contribution in [1.29, 1.82) is 0 Å². The van der Waals surface area contributed by atoms with Crippen LogP contribution in [0.25, 0.3) is 0 Å². The average Bonchev–Trinajstić information content (AvgIpc) is 2.28. The van der Waals surface area contributed by atoms with Gasteiger partial charge in [0.2, 0.25) is 10.0 Å². The average molecular weight is 260 g/mol. The van der Waals surface area contributed by atoms with E-state index in [1.54, 1.807) is 0 Å². The Hall–Kier alpha value is -1.83. The molecule has 0 aliphatic heterocycles. The molecule has 0 saturated heterocycles. The van der Waals surface area contributed by atoms with Crippen LogP contribution in [0.2, 0.25) is 0 Å². The SMILES string of the molecule is CCS(=O)(=O)Nc1ccc(OC)c([N+](=O)[O-])c1. The van der Waals surface area contributed by atoms with Gasteiger partial charge in [-0.05, 0) is 19.1 Å². The van der Waals surface area contributed by atoms with Crippen LogP contribution >= 0.6 is 0 Å². The minimum Gasteiger partial charge on any atom is -0.490 e. The van der Waals surface area contributed by atoms with Crippen molar-refractivity contribution >= 4 is 21.4 Å². The van der Waals surface area contributed by atoms with E-state index < -0.39 is 14.9 Å². The maximum atomic E-state index is 11.3. The largest absolute Gasteiger partial charge is 0.490 e. The Morgan fingerprint density at radius 2 is 2.12 bits per heavy atom. The number of benzene rings is 1. The second kappa shape index (κ2) is 5.00. The van der Waals surface area contributed by atoms with Crippen LogP contribution in [0.4, 0.5) is 11.4 Å². The molecule has 1 N–H and O–H groups in total. The van der Waals surface area contributed by atoms with Crippen molar-refractivity contribution in [3.63, 3.8) is 0 Å². The predicted molar refractivity (Wildman–Crippen MR) is 62.7 cm³/mol. The fourth-order valence-electron chi connectivity index (χ4n) is 1.15. The van der Waals surface area contributed by atoms with Crippen molar-refractivity contribution in [3.8, 4) is 5.75 Å². The molecule has 0 atom stereocenters. The highest BCUT2D eigenvalue weighted by atomic mass is 32.2. The maximum absolute atomic E-state index is 11.3. The molecule has 0 unspecified atom stereocenters. The lowest BCUT2D eigenvalue weighted by Crippen LogP contribution is -2.14. The van der Waals surface area contributed by atoms with Gasteiger partial charge in [-0.3, -0.25) is 14.8 Å². The predicted octanol–water partition coefficient (Wildman–Crippen LogP) is 1.36. The Balaban J connectivity index is 3.13. The summed E-state index contributed by atoms with van der Waals surface area (Å²) in [6.07, 6.45) is 0. The van der Waals surface area contributed by atoms with Crippen LogP contribution in [0.5, 0.6) is 5.75 Å². The van der Waals surface area contributed by atoms with Gasteiger partial charge in [-0.1, -0.05) is 0 Å². The number of nitrogens with zero attached hydrogens (tertiary/aromatic N) is 1. The van der Waals surface area contributed by atoms with E-state index in [0.717, 1.165) is 6.07 Å². The molecule has 8 heteroatoms. The third-order valence-electron chi connectivity index (χ3n) is 2.03. The Morgan fingerprint density at radius 3 is 2.59 bits per heavy atom. The molecule has 0 saturated carbocycles. The van der Waals surface area contributed by atoms with Gasteiger partial charge in [0, 0.05) is 6.07 Å². The number of anilines is 1. The summed E-state index contributed by atoms with van der Waals surface area (Å²) in [6.45, 7) is 1.47. The Bertz CT molecular complexity index is 526. The number of nitrogens with one attached hydrogen (secondary N) is 1. The number of hydrogen-bond donors (Lipinski definition) is 1. The number of nitro groups is 1. The van der Waals surface area contributed by atoms with Gasteiger partial charge in [0.15, 0.2) is 5.75 Å². The first-order valence-electron chi connectivity index (χ1n) is 4.72. The molecule has 0 radical (unpaired) electrons. The van der Waals surface area contributed by atoms with Gasteiger partial charge in [-0.25, -0.2) is 8.42 Å². The Labute approximate surface area is 98.6 Å². The third-order valence-corrected chi connectivity index (χ3v) is 3.34. The molecular formula is C9H12N2O5S. The molecule has 7 nitrogen and oxygen atoms in total. The van der Waals surface area contributed by atoms with Crippen LogP contribution in [-0.4, -0.2) is 26.2 Å². The van der Waals surface area contributed by atoms with Gasteiger partial charge < -0.3 is 4.74 Å². The van der Waals surface area contributed by atoms with E-state index in [4.69, 9.17) is 4.74 Å². The highest BCUT2D eigenvalue weighted by molar-refractivity contribution is 7.92. The van der Waals surface area contributed by atoms with Crippen LogP contribution in [0.3, 0.4) is 0 Å². The molecule has 1 aromatic rings. The summed E-state index contributed by atoms with van der Waals surface area (Å²) in [5, 5.41) is 10.7. The van der Waals surface area contributed by atoms with Gasteiger partial charge in [0.1, 0.15) is 0 Å². The minimum absolute atomic E-state index is 0.0782. The molecule has 0 aromatic heterocycles. The van der Waals surface area contributed by atoms with Gasteiger partial charge in [0.25, 0.3) is 0 Å². The molecule has 1 aromatic carbocycles. The van der Waals surface area contributed by atoms with Gasteiger partial charge in [-0.15, -0.1) is 0 Å². The first-order chi connectivity index (χ1) is 7.89. The van der Waals surface area contributed by atoms with Crippen molar-refractivity contribution < 1.29 is 18.1 Å². The van der Waals surface area contributed by atoms with Gasteiger partial charge in [0.05, 0.1) is 23.5 Å². The summed E-state index contributed by atoms with van der Waals surface area (Å²) in [5.41, 5.74) is -0.150. The molecule has 0 aliphatic rings. The highest BCUT2D eigenvalue weighted by Gasteiger charge is 2.16. The lowest BCUT2D eigenvalue weighted by atomic mass is 10.2. The monoisotopic (exact) mass is 260 g/mol. The summed E-state index contributed by atoms with van der Waals surface area (Å²) in [4.78, 5) is 10.1. The van der Waals surface area contributed by atoms with Crippen molar-refractivity contribution in [2.75, 3.05) is 17.6 Å². The molecule has 0 spiro atoms. The smallest absolute Gasteiger partial charge is 0.312 e. The van der Waals surface area contributed by atoms with E-state index in [1.807, 2.05) is 0 Å². The summed E-state index contributed by atoms with van der Waals surface area (Å²) in [6, 6.07) is 3.86. The molecule has 1 rings (SSSR count). The van der Waals surface area contributed by atoms with Crippen LogP contribution in [0.1, 0.15) is 6.92 Å². The molecule has 0 bridgehead atoms. The Kier molecular flexibility index (Phi) is 3.89. The van der Waals surface area contributed by atoms with Crippen LogP contribution in [-0.2, 0) is 10.0 Å². The normalized spacial score (nSPS) is 10.9. The van der Waals surface area contributed by atoms with Crippen molar-refractivity contribution in [1.82, 2.24) is 0 Å². The van der Waals surface area contributed by atoms with Crippen molar-refractivity contribution in [2.45, 2.75) is 6.92 Å². The van der Waals surface area contributed by atoms with E-state index in [1.165, 1.54) is 26.2 Å². The summed E-state index contributed by atoms with van der Waals surface area (Å²) < 4.78 is 29.6. The molecule has 0 aliphatic carbocycles. The first-order valence-corrected chi connectivity index (χ1v) is 6.37. The molecule has 0 amide bonds. The van der Waals surface area contributed by atoms with E-state index in [2.05, 4.69) is 4.72 Å². The second-order valence-corrected chi connectivity index (χ2v) is 5.16. The van der Waals surface area contributed by atoms with Gasteiger partial charge >= 0.3 is 5.69 Å².